The molecule has 0 bridgehead atoms. The summed E-state index contributed by atoms with van der Waals surface area (Å²) in [5, 5.41) is 0. The van der Waals surface area contributed by atoms with E-state index in [1.165, 1.54) is 11.1 Å². The quantitative estimate of drug-likeness (QED) is 0.687. The van der Waals surface area contributed by atoms with E-state index in [2.05, 4.69) is 48.6 Å². The largest absolute Gasteiger partial charge is 0.497 e. The predicted molar refractivity (Wildman–Crippen MR) is 67.1 cm³/mol. The van der Waals surface area contributed by atoms with Crippen molar-refractivity contribution in [1.82, 2.24) is 0 Å². The van der Waals surface area contributed by atoms with Crippen molar-refractivity contribution in [1.29, 1.82) is 0 Å². The van der Waals surface area contributed by atoms with Crippen LogP contribution in [0.2, 0.25) is 0 Å². The molecule has 0 N–H and O–H groups in total. The van der Waals surface area contributed by atoms with Crippen molar-refractivity contribution in [3.05, 3.63) is 72.0 Å². The van der Waals surface area contributed by atoms with E-state index in [9.17, 15) is 0 Å². The molecule has 0 saturated carbocycles. The summed E-state index contributed by atoms with van der Waals surface area (Å²) in [6.45, 7) is 2.59. The molecule has 0 atom stereocenters. The van der Waals surface area contributed by atoms with Gasteiger partial charge in [0.05, 0.1) is 6.26 Å². The van der Waals surface area contributed by atoms with Gasteiger partial charge in [0, 0.05) is 5.92 Å². The van der Waals surface area contributed by atoms with Crippen LogP contribution in [0.1, 0.15) is 24.0 Å². The Morgan fingerprint density at radius 1 is 1.12 bits per heavy atom. The van der Waals surface area contributed by atoms with Crippen molar-refractivity contribution in [3.8, 4) is 0 Å². The molecule has 1 aromatic rings. The van der Waals surface area contributed by atoms with E-state index in [-0.39, 0.29) is 0 Å². The van der Waals surface area contributed by atoms with Gasteiger partial charge >= 0.3 is 0 Å². The second-order valence-corrected chi connectivity index (χ2v) is 3.82. The molecule has 1 aliphatic rings. The molecule has 0 spiro atoms. The Morgan fingerprint density at radius 2 is 1.81 bits per heavy atom. The fourth-order valence-corrected chi connectivity index (χ4v) is 1.73. The molecule has 0 saturated heterocycles. The summed E-state index contributed by atoms with van der Waals surface area (Å²) >= 11 is 0. The molecule has 0 fully saturated rings. The maximum atomic E-state index is 5.33. The highest BCUT2D eigenvalue weighted by molar-refractivity contribution is 5.36. The van der Waals surface area contributed by atoms with E-state index in [4.69, 9.17) is 4.74 Å². The smallest absolute Gasteiger partial charge is 0.112 e. The van der Waals surface area contributed by atoms with Gasteiger partial charge in [-0.2, -0.15) is 0 Å². The zero-order valence-corrected chi connectivity index (χ0v) is 9.47. The van der Waals surface area contributed by atoms with Crippen molar-refractivity contribution in [3.63, 3.8) is 0 Å². The highest BCUT2D eigenvalue weighted by Gasteiger charge is 2.06. The molecule has 0 aliphatic heterocycles. The van der Waals surface area contributed by atoms with E-state index in [0.29, 0.717) is 12.5 Å². The van der Waals surface area contributed by atoms with E-state index >= 15 is 0 Å². The first-order valence-corrected chi connectivity index (χ1v) is 5.57. The van der Waals surface area contributed by atoms with Crippen molar-refractivity contribution in [2.45, 2.75) is 19.4 Å². The van der Waals surface area contributed by atoms with Gasteiger partial charge in [-0.3, -0.25) is 0 Å². The molecule has 1 aromatic carbocycles. The van der Waals surface area contributed by atoms with Gasteiger partial charge in [0.15, 0.2) is 0 Å². The summed E-state index contributed by atoms with van der Waals surface area (Å²) < 4.78 is 5.33. The third kappa shape index (κ3) is 2.63. The molecule has 1 nitrogen and oxygen atoms in total. The topological polar surface area (TPSA) is 9.23 Å². The zero-order valence-electron chi connectivity index (χ0n) is 9.47. The second-order valence-electron chi connectivity index (χ2n) is 3.82. The molecule has 0 radical (unpaired) electrons. The van der Waals surface area contributed by atoms with Gasteiger partial charge in [-0.1, -0.05) is 54.6 Å². The molecule has 1 heteroatoms. The first kappa shape index (κ1) is 10.7. The summed E-state index contributed by atoms with van der Waals surface area (Å²) in [5.74, 6) is 0.450. The number of allylic oxidation sites excluding steroid dienone is 5. The number of rotatable bonds is 4. The number of benzene rings is 1. The molecular weight excluding hydrogens is 196 g/mol. The lowest BCUT2D eigenvalue weighted by Gasteiger charge is -2.07. The predicted octanol–water partition coefficient (Wildman–Crippen LogP) is 3.95. The number of hydrogen-bond donors (Lipinski definition) is 0. The first-order valence-electron chi connectivity index (χ1n) is 5.57. The van der Waals surface area contributed by atoms with Crippen LogP contribution in [0.3, 0.4) is 0 Å². The molecule has 0 amide bonds. The Hall–Kier alpha value is -1.76. The fraction of sp³-hybridized carbons (Fsp3) is 0.200. The minimum Gasteiger partial charge on any atom is -0.497 e. The fourth-order valence-electron chi connectivity index (χ4n) is 1.73. The number of hydrogen-bond acceptors (Lipinski definition) is 1. The van der Waals surface area contributed by atoms with E-state index in [1.54, 1.807) is 6.26 Å². The van der Waals surface area contributed by atoms with E-state index < -0.39 is 0 Å². The lowest BCUT2D eigenvalue weighted by molar-refractivity contribution is 0.236. The normalized spacial score (nSPS) is 15.1. The molecule has 0 unspecified atom stereocenters. The van der Waals surface area contributed by atoms with Crippen LogP contribution in [0.5, 0.6) is 0 Å². The molecule has 1 aliphatic carbocycles. The van der Waals surface area contributed by atoms with Gasteiger partial charge in [-0.25, -0.2) is 0 Å². The van der Waals surface area contributed by atoms with E-state index in [0.717, 1.165) is 0 Å². The Kier molecular flexibility index (Phi) is 3.60. The van der Waals surface area contributed by atoms with Gasteiger partial charge < -0.3 is 4.74 Å². The van der Waals surface area contributed by atoms with Crippen molar-refractivity contribution < 1.29 is 4.74 Å². The Balaban J connectivity index is 1.99. The van der Waals surface area contributed by atoms with Crippen LogP contribution >= 0.6 is 0 Å². The van der Waals surface area contributed by atoms with Gasteiger partial charge in [0.2, 0.25) is 0 Å². The van der Waals surface area contributed by atoms with Crippen molar-refractivity contribution in [2.75, 3.05) is 0 Å². The third-order valence-electron chi connectivity index (χ3n) is 2.59. The van der Waals surface area contributed by atoms with Gasteiger partial charge in [0.25, 0.3) is 0 Å². The van der Waals surface area contributed by atoms with Crippen LogP contribution in [0, 0.1) is 0 Å². The summed E-state index contributed by atoms with van der Waals surface area (Å²) in [6, 6.07) is 8.58. The minimum atomic E-state index is 0.450. The second kappa shape index (κ2) is 5.36. The standard InChI is InChI=1S/C15H16O/c1-2-11-16-12-13-7-9-15(10-8-13)14-5-3-4-6-14/h2-11,14H,12H2,1H3/b11-2+. The molecule has 82 valence electrons. The van der Waals surface area contributed by atoms with Crippen LogP contribution in [0.25, 0.3) is 0 Å². The average Bonchev–Trinajstić information content (AvgIpc) is 2.84. The SMILES string of the molecule is C/C=C/OCc1ccc(C2C=CC=C2)cc1. The lowest BCUT2D eigenvalue weighted by atomic mass is 10.00. The van der Waals surface area contributed by atoms with Crippen LogP contribution < -0.4 is 0 Å². The zero-order chi connectivity index (χ0) is 11.2. The Labute approximate surface area is 96.8 Å². The maximum absolute atomic E-state index is 5.33. The van der Waals surface area contributed by atoms with Gasteiger partial charge in [-0.05, 0) is 18.1 Å². The first-order chi connectivity index (χ1) is 7.90. The molecule has 0 heterocycles. The molecule has 16 heavy (non-hydrogen) atoms. The number of ether oxygens (including phenoxy) is 1. The average molecular weight is 212 g/mol. The van der Waals surface area contributed by atoms with Crippen molar-refractivity contribution >= 4 is 0 Å². The van der Waals surface area contributed by atoms with Crippen LogP contribution in [-0.4, -0.2) is 0 Å². The molecule has 0 aromatic heterocycles. The molecular formula is C15H16O. The highest BCUT2D eigenvalue weighted by atomic mass is 16.5. The Bertz CT molecular complexity index is 398. The summed E-state index contributed by atoms with van der Waals surface area (Å²) in [6.07, 6.45) is 12.2. The van der Waals surface area contributed by atoms with Crippen LogP contribution in [-0.2, 0) is 11.3 Å². The molecule has 2 rings (SSSR count). The van der Waals surface area contributed by atoms with Gasteiger partial charge in [-0.15, -0.1) is 0 Å². The van der Waals surface area contributed by atoms with Crippen LogP contribution in [0.4, 0.5) is 0 Å². The third-order valence-corrected chi connectivity index (χ3v) is 2.59. The summed E-state index contributed by atoms with van der Waals surface area (Å²) in [5.41, 5.74) is 2.53. The lowest BCUT2D eigenvalue weighted by Crippen LogP contribution is -1.91. The van der Waals surface area contributed by atoms with Crippen molar-refractivity contribution in [2.24, 2.45) is 0 Å². The maximum Gasteiger partial charge on any atom is 0.112 e. The van der Waals surface area contributed by atoms with E-state index in [1.807, 2.05) is 13.0 Å². The highest BCUT2D eigenvalue weighted by Crippen LogP contribution is 2.23. The summed E-state index contributed by atoms with van der Waals surface area (Å²) in [7, 11) is 0. The van der Waals surface area contributed by atoms with Crippen LogP contribution in [0.15, 0.2) is 60.9 Å². The van der Waals surface area contributed by atoms with Gasteiger partial charge in [0.1, 0.15) is 6.61 Å². The monoisotopic (exact) mass is 212 g/mol. The summed E-state index contributed by atoms with van der Waals surface area (Å²) in [4.78, 5) is 0. The Morgan fingerprint density at radius 3 is 2.44 bits per heavy atom. The minimum absolute atomic E-state index is 0.450.